The van der Waals surface area contributed by atoms with Crippen LogP contribution in [-0.4, -0.2) is 10.3 Å². The quantitative estimate of drug-likeness (QED) is 0.695. The average molecular weight is 218 g/mol. The van der Waals surface area contributed by atoms with Crippen LogP contribution in [0.4, 0.5) is 4.39 Å². The van der Waals surface area contributed by atoms with Gasteiger partial charge >= 0.3 is 0 Å². The third-order valence-electron chi connectivity index (χ3n) is 1.51. The number of hydrogen-bond acceptors (Lipinski definition) is 1. The molecule has 1 heterocycles. The molecular weight excluding hydrogens is 209 g/mol. The monoisotopic (exact) mass is 217 g/mol. The molecule has 3 heteroatoms. The molecule has 0 radical (unpaired) electrons. The summed E-state index contributed by atoms with van der Waals surface area (Å²) in [4.78, 5) is 3.84. The van der Waals surface area contributed by atoms with Crippen LogP contribution in [0.3, 0.4) is 0 Å². The summed E-state index contributed by atoms with van der Waals surface area (Å²) < 4.78 is 13.5. The highest BCUT2D eigenvalue weighted by atomic mass is 79.9. The van der Waals surface area contributed by atoms with Gasteiger partial charge in [-0.2, -0.15) is 0 Å². The fourth-order valence-electron chi connectivity index (χ4n) is 0.748. The molecule has 0 N–H and O–H groups in total. The van der Waals surface area contributed by atoms with E-state index in [9.17, 15) is 4.39 Å². The van der Waals surface area contributed by atoms with Crippen molar-refractivity contribution in [3.8, 4) is 0 Å². The van der Waals surface area contributed by atoms with Gasteiger partial charge in [0.1, 0.15) is 5.67 Å². The molecule has 0 amide bonds. The first-order valence-electron chi connectivity index (χ1n) is 3.32. The van der Waals surface area contributed by atoms with Gasteiger partial charge in [0, 0.05) is 23.3 Å². The highest BCUT2D eigenvalue weighted by molar-refractivity contribution is 9.09. The van der Waals surface area contributed by atoms with Gasteiger partial charge in [-0.25, -0.2) is 4.39 Å². The maximum absolute atomic E-state index is 13.5. The molecule has 0 saturated heterocycles. The van der Waals surface area contributed by atoms with Crippen LogP contribution in [0.15, 0.2) is 24.5 Å². The maximum Gasteiger partial charge on any atom is 0.144 e. The van der Waals surface area contributed by atoms with E-state index in [-0.39, 0.29) is 0 Å². The molecule has 0 fully saturated rings. The van der Waals surface area contributed by atoms with E-state index < -0.39 is 5.67 Å². The molecular formula is C8H9BrFN. The van der Waals surface area contributed by atoms with Crippen molar-refractivity contribution in [2.24, 2.45) is 0 Å². The third kappa shape index (κ3) is 1.99. The molecule has 0 unspecified atom stereocenters. The minimum atomic E-state index is -1.31. The van der Waals surface area contributed by atoms with Gasteiger partial charge in [0.25, 0.3) is 0 Å². The second-order valence-corrected chi connectivity index (χ2v) is 3.13. The summed E-state index contributed by atoms with van der Waals surface area (Å²) in [5, 5.41) is 0.297. The number of rotatable bonds is 2. The van der Waals surface area contributed by atoms with Crippen LogP contribution in [0, 0.1) is 0 Å². The fourth-order valence-corrected chi connectivity index (χ4v) is 1.07. The van der Waals surface area contributed by atoms with Gasteiger partial charge in [-0.1, -0.05) is 22.0 Å². The zero-order valence-corrected chi connectivity index (χ0v) is 7.81. The summed E-state index contributed by atoms with van der Waals surface area (Å²) in [5.74, 6) is 0. The lowest BCUT2D eigenvalue weighted by atomic mass is 10.0. The number of aromatic nitrogens is 1. The third-order valence-corrected chi connectivity index (χ3v) is 2.57. The van der Waals surface area contributed by atoms with E-state index in [1.165, 1.54) is 6.92 Å². The topological polar surface area (TPSA) is 12.9 Å². The van der Waals surface area contributed by atoms with E-state index in [1.54, 1.807) is 24.5 Å². The molecule has 1 atom stereocenters. The summed E-state index contributed by atoms with van der Waals surface area (Å²) in [6.07, 6.45) is 3.18. The summed E-state index contributed by atoms with van der Waals surface area (Å²) in [6, 6.07) is 3.46. The minimum Gasteiger partial charge on any atom is -0.264 e. The van der Waals surface area contributed by atoms with Crippen molar-refractivity contribution in [2.75, 3.05) is 5.33 Å². The summed E-state index contributed by atoms with van der Waals surface area (Å²) in [7, 11) is 0. The largest absolute Gasteiger partial charge is 0.264 e. The van der Waals surface area contributed by atoms with Crippen molar-refractivity contribution in [2.45, 2.75) is 12.6 Å². The van der Waals surface area contributed by atoms with E-state index in [2.05, 4.69) is 20.9 Å². The number of alkyl halides is 2. The van der Waals surface area contributed by atoms with Gasteiger partial charge in [0.05, 0.1) is 0 Å². The smallest absolute Gasteiger partial charge is 0.144 e. The first-order chi connectivity index (χ1) is 5.17. The number of nitrogens with zero attached hydrogens (tertiary/aromatic N) is 1. The molecule has 0 saturated carbocycles. The van der Waals surface area contributed by atoms with Crippen LogP contribution in [0.5, 0.6) is 0 Å². The zero-order valence-electron chi connectivity index (χ0n) is 6.22. The molecule has 60 valence electrons. The molecule has 1 rings (SSSR count). The van der Waals surface area contributed by atoms with Gasteiger partial charge in [0.2, 0.25) is 0 Å². The minimum absolute atomic E-state index is 0.297. The van der Waals surface area contributed by atoms with Crippen molar-refractivity contribution in [3.05, 3.63) is 30.1 Å². The highest BCUT2D eigenvalue weighted by Crippen LogP contribution is 2.26. The van der Waals surface area contributed by atoms with E-state index in [0.29, 0.717) is 10.9 Å². The molecule has 1 nitrogen and oxygen atoms in total. The Hall–Kier alpha value is -0.440. The normalized spacial score (nSPS) is 15.9. The van der Waals surface area contributed by atoms with Gasteiger partial charge in [-0.05, 0) is 13.0 Å². The Balaban J connectivity index is 2.93. The molecule has 0 bridgehead atoms. The van der Waals surface area contributed by atoms with Crippen LogP contribution in [0.2, 0.25) is 0 Å². The van der Waals surface area contributed by atoms with Gasteiger partial charge < -0.3 is 0 Å². The Morgan fingerprint density at radius 2 is 2.45 bits per heavy atom. The summed E-state index contributed by atoms with van der Waals surface area (Å²) >= 11 is 3.10. The lowest BCUT2D eigenvalue weighted by Gasteiger charge is -2.16. The van der Waals surface area contributed by atoms with Gasteiger partial charge in [-0.15, -0.1) is 0 Å². The van der Waals surface area contributed by atoms with E-state index in [0.717, 1.165) is 0 Å². The van der Waals surface area contributed by atoms with Crippen LogP contribution in [0.1, 0.15) is 12.5 Å². The predicted molar refractivity (Wildman–Crippen MR) is 46.5 cm³/mol. The Morgan fingerprint density at radius 1 is 1.73 bits per heavy atom. The van der Waals surface area contributed by atoms with Crippen LogP contribution in [-0.2, 0) is 5.67 Å². The van der Waals surface area contributed by atoms with Crippen molar-refractivity contribution < 1.29 is 4.39 Å². The lowest BCUT2D eigenvalue weighted by molar-refractivity contribution is 0.229. The predicted octanol–water partition coefficient (Wildman–Crippen LogP) is 2.66. The molecule has 0 spiro atoms. The first-order valence-corrected chi connectivity index (χ1v) is 4.44. The fraction of sp³-hybridized carbons (Fsp3) is 0.375. The SMILES string of the molecule is C[C@@](F)(CBr)c1cccnc1. The Morgan fingerprint density at radius 3 is 2.91 bits per heavy atom. The van der Waals surface area contributed by atoms with Crippen LogP contribution in [0.25, 0.3) is 0 Å². The van der Waals surface area contributed by atoms with Crippen molar-refractivity contribution in [1.82, 2.24) is 4.98 Å². The summed E-state index contributed by atoms with van der Waals surface area (Å²) in [5.41, 5.74) is -0.703. The molecule has 0 aromatic carbocycles. The highest BCUT2D eigenvalue weighted by Gasteiger charge is 2.23. The van der Waals surface area contributed by atoms with Gasteiger partial charge in [0.15, 0.2) is 0 Å². The van der Waals surface area contributed by atoms with Crippen LogP contribution < -0.4 is 0 Å². The summed E-state index contributed by atoms with van der Waals surface area (Å²) in [6.45, 7) is 1.53. The molecule has 0 aliphatic heterocycles. The number of halogens is 2. The number of pyridine rings is 1. The lowest BCUT2D eigenvalue weighted by Crippen LogP contribution is -2.16. The number of hydrogen-bond donors (Lipinski definition) is 0. The van der Waals surface area contributed by atoms with Gasteiger partial charge in [-0.3, -0.25) is 4.98 Å². The molecule has 0 aliphatic carbocycles. The average Bonchev–Trinajstić information content (AvgIpc) is 2.06. The van der Waals surface area contributed by atoms with E-state index in [1.807, 2.05) is 0 Å². The first kappa shape index (κ1) is 8.65. The second-order valence-electron chi connectivity index (χ2n) is 2.57. The molecule has 11 heavy (non-hydrogen) atoms. The standard InChI is InChI=1S/C8H9BrFN/c1-8(10,6-9)7-3-2-4-11-5-7/h2-5H,6H2,1H3/t8-/m1/s1. The van der Waals surface area contributed by atoms with Crippen molar-refractivity contribution in [3.63, 3.8) is 0 Å². The molecule has 1 aromatic rings. The van der Waals surface area contributed by atoms with Crippen molar-refractivity contribution >= 4 is 15.9 Å². The second kappa shape index (κ2) is 3.30. The molecule has 1 aromatic heterocycles. The van der Waals surface area contributed by atoms with E-state index in [4.69, 9.17) is 0 Å². The van der Waals surface area contributed by atoms with E-state index >= 15 is 0 Å². The van der Waals surface area contributed by atoms with Crippen molar-refractivity contribution in [1.29, 1.82) is 0 Å². The Kier molecular flexibility index (Phi) is 2.60. The Bertz CT molecular complexity index is 223. The molecule has 0 aliphatic rings. The Labute approximate surface area is 73.8 Å². The zero-order chi connectivity index (χ0) is 8.32. The van der Waals surface area contributed by atoms with Crippen LogP contribution >= 0.6 is 15.9 Å². The maximum atomic E-state index is 13.5.